The summed E-state index contributed by atoms with van der Waals surface area (Å²) < 4.78 is 11.9. The molecule has 0 radical (unpaired) electrons. The second kappa shape index (κ2) is 7.33. The van der Waals surface area contributed by atoms with E-state index in [1.54, 1.807) is 17.1 Å². The number of rotatable bonds is 5. The van der Waals surface area contributed by atoms with Crippen molar-refractivity contribution in [1.82, 2.24) is 14.8 Å². The third-order valence-electron chi connectivity index (χ3n) is 4.25. The molecule has 8 heteroatoms. The summed E-state index contributed by atoms with van der Waals surface area (Å²) in [6.45, 7) is 4.08. The molecule has 8 nitrogen and oxygen atoms in total. The topological polar surface area (TPSA) is 120 Å². The third kappa shape index (κ3) is 3.53. The van der Waals surface area contributed by atoms with E-state index in [2.05, 4.69) is 20.9 Å². The number of pyridine rings is 1. The highest BCUT2D eigenvalue weighted by Crippen LogP contribution is 2.36. The van der Waals surface area contributed by atoms with Crippen LogP contribution in [0.4, 0.5) is 5.82 Å². The quantitative estimate of drug-likeness (QED) is 0.690. The highest BCUT2D eigenvalue weighted by Gasteiger charge is 2.21. The Morgan fingerprint density at radius 2 is 2.19 bits per heavy atom. The van der Waals surface area contributed by atoms with Crippen molar-refractivity contribution in [3.63, 3.8) is 0 Å². The van der Waals surface area contributed by atoms with Gasteiger partial charge in [-0.05, 0) is 31.5 Å². The standard InChI is InChI=1S/C19H19N5O3/c1-11-4-5-15(27-11)18-12(2)17(14(8-20)19(21)23-18)13-9-22-24(10-13)7-6-16(25)26-3/h4-5,9-10H,6-7H2,1-3H3,(H2,21,23). The third-order valence-corrected chi connectivity index (χ3v) is 4.25. The Labute approximate surface area is 156 Å². The van der Waals surface area contributed by atoms with E-state index in [4.69, 9.17) is 10.2 Å². The summed E-state index contributed by atoms with van der Waals surface area (Å²) in [6.07, 6.45) is 3.61. The number of carbonyl (C=O) groups excluding carboxylic acids is 1. The molecule has 3 aromatic heterocycles. The number of nitriles is 1. The van der Waals surface area contributed by atoms with E-state index < -0.39 is 0 Å². The number of hydrogen-bond acceptors (Lipinski definition) is 7. The van der Waals surface area contributed by atoms with Gasteiger partial charge in [0.05, 0.1) is 26.3 Å². The fourth-order valence-corrected chi connectivity index (χ4v) is 2.89. The minimum Gasteiger partial charge on any atom is -0.469 e. The fourth-order valence-electron chi connectivity index (χ4n) is 2.89. The van der Waals surface area contributed by atoms with E-state index >= 15 is 0 Å². The molecule has 0 aliphatic carbocycles. The van der Waals surface area contributed by atoms with Crippen molar-refractivity contribution < 1.29 is 13.9 Å². The van der Waals surface area contributed by atoms with Crippen molar-refractivity contribution in [2.75, 3.05) is 12.8 Å². The van der Waals surface area contributed by atoms with E-state index in [0.29, 0.717) is 29.1 Å². The lowest BCUT2D eigenvalue weighted by Crippen LogP contribution is -2.07. The molecule has 0 fully saturated rings. The lowest BCUT2D eigenvalue weighted by atomic mass is 9.96. The van der Waals surface area contributed by atoms with Crippen molar-refractivity contribution in [3.8, 4) is 28.7 Å². The molecule has 0 saturated carbocycles. The number of anilines is 1. The molecule has 0 spiro atoms. The summed E-state index contributed by atoms with van der Waals surface area (Å²) in [5, 5.41) is 13.8. The molecule has 0 bridgehead atoms. The minimum absolute atomic E-state index is 0.129. The van der Waals surface area contributed by atoms with E-state index in [0.717, 1.165) is 11.3 Å². The maximum Gasteiger partial charge on any atom is 0.307 e. The van der Waals surface area contributed by atoms with Gasteiger partial charge in [0.25, 0.3) is 0 Å². The molecule has 0 atom stereocenters. The van der Waals surface area contributed by atoms with E-state index in [9.17, 15) is 10.1 Å². The second-order valence-corrected chi connectivity index (χ2v) is 6.06. The lowest BCUT2D eigenvalue weighted by molar-refractivity contribution is -0.140. The molecule has 3 aromatic rings. The zero-order valence-corrected chi connectivity index (χ0v) is 15.3. The lowest BCUT2D eigenvalue weighted by Gasteiger charge is -2.12. The van der Waals surface area contributed by atoms with Gasteiger partial charge in [0, 0.05) is 17.3 Å². The summed E-state index contributed by atoms with van der Waals surface area (Å²) >= 11 is 0. The molecule has 3 heterocycles. The van der Waals surface area contributed by atoms with Gasteiger partial charge < -0.3 is 14.9 Å². The van der Waals surface area contributed by atoms with Crippen LogP contribution in [0.1, 0.15) is 23.3 Å². The SMILES string of the molecule is COC(=O)CCn1cc(-c2c(C)c(-c3ccc(C)o3)nc(N)c2C#N)cn1. The molecule has 0 aliphatic rings. The van der Waals surface area contributed by atoms with Crippen molar-refractivity contribution in [3.05, 3.63) is 41.4 Å². The number of hydrogen-bond donors (Lipinski definition) is 1. The molecule has 0 aromatic carbocycles. The summed E-state index contributed by atoms with van der Waals surface area (Å²) in [6, 6.07) is 5.79. The summed E-state index contributed by atoms with van der Waals surface area (Å²) in [5.74, 6) is 1.15. The van der Waals surface area contributed by atoms with Gasteiger partial charge in [-0.15, -0.1) is 0 Å². The number of carbonyl (C=O) groups is 1. The Hall–Kier alpha value is -3.60. The van der Waals surface area contributed by atoms with Gasteiger partial charge in [-0.1, -0.05) is 0 Å². The van der Waals surface area contributed by atoms with E-state index in [1.165, 1.54) is 7.11 Å². The Kier molecular flexibility index (Phi) is 4.94. The first-order valence-corrected chi connectivity index (χ1v) is 8.31. The predicted octanol–water partition coefficient (Wildman–Crippen LogP) is 2.84. The van der Waals surface area contributed by atoms with Gasteiger partial charge in [-0.3, -0.25) is 9.48 Å². The van der Waals surface area contributed by atoms with Crippen LogP contribution in [-0.2, 0) is 16.1 Å². The van der Waals surface area contributed by atoms with Crippen LogP contribution >= 0.6 is 0 Å². The smallest absolute Gasteiger partial charge is 0.307 e. The molecule has 0 unspecified atom stereocenters. The zero-order chi connectivity index (χ0) is 19.6. The molecule has 138 valence electrons. The van der Waals surface area contributed by atoms with Gasteiger partial charge in [0.2, 0.25) is 0 Å². The first kappa shape index (κ1) is 18.2. The molecule has 0 aliphatic heterocycles. The highest BCUT2D eigenvalue weighted by atomic mass is 16.5. The number of ether oxygens (including phenoxy) is 1. The maximum atomic E-state index is 11.3. The molecular weight excluding hydrogens is 346 g/mol. The maximum absolute atomic E-state index is 11.3. The number of furan rings is 1. The van der Waals surface area contributed by atoms with Gasteiger partial charge in [0.1, 0.15) is 28.9 Å². The van der Waals surface area contributed by atoms with Crippen LogP contribution in [0.15, 0.2) is 28.9 Å². The Morgan fingerprint density at radius 1 is 1.41 bits per heavy atom. The first-order valence-electron chi connectivity index (χ1n) is 8.31. The van der Waals surface area contributed by atoms with Crippen molar-refractivity contribution in [2.24, 2.45) is 0 Å². The number of nitrogens with zero attached hydrogens (tertiary/aromatic N) is 4. The van der Waals surface area contributed by atoms with Crippen LogP contribution in [0, 0.1) is 25.2 Å². The average molecular weight is 365 g/mol. The van der Waals surface area contributed by atoms with E-state index in [1.807, 2.05) is 26.0 Å². The van der Waals surface area contributed by atoms with Gasteiger partial charge >= 0.3 is 5.97 Å². The van der Waals surface area contributed by atoms with Crippen LogP contribution in [0.2, 0.25) is 0 Å². The van der Waals surface area contributed by atoms with E-state index in [-0.39, 0.29) is 23.8 Å². The minimum atomic E-state index is -0.315. The Balaban J connectivity index is 2.07. The number of nitrogen functional groups attached to an aromatic ring is 1. The van der Waals surface area contributed by atoms with Crippen LogP contribution < -0.4 is 5.73 Å². The Bertz CT molecular complexity index is 1040. The molecule has 3 rings (SSSR count). The number of aromatic nitrogens is 3. The largest absolute Gasteiger partial charge is 0.469 e. The second-order valence-electron chi connectivity index (χ2n) is 6.06. The first-order chi connectivity index (χ1) is 12.9. The number of nitrogens with two attached hydrogens (primary N) is 1. The number of esters is 1. The number of aryl methyl sites for hydroxylation is 2. The molecular formula is C19H19N5O3. The fraction of sp³-hybridized carbons (Fsp3) is 0.263. The molecule has 2 N–H and O–H groups in total. The Morgan fingerprint density at radius 3 is 2.81 bits per heavy atom. The van der Waals surface area contributed by atoms with Gasteiger partial charge in [-0.25, -0.2) is 4.98 Å². The molecule has 27 heavy (non-hydrogen) atoms. The van der Waals surface area contributed by atoms with Crippen molar-refractivity contribution >= 4 is 11.8 Å². The molecule has 0 saturated heterocycles. The summed E-state index contributed by atoms with van der Waals surface area (Å²) in [4.78, 5) is 15.7. The van der Waals surface area contributed by atoms with Gasteiger partial charge in [-0.2, -0.15) is 10.4 Å². The van der Waals surface area contributed by atoms with Crippen molar-refractivity contribution in [1.29, 1.82) is 5.26 Å². The van der Waals surface area contributed by atoms with Crippen LogP contribution in [-0.4, -0.2) is 27.8 Å². The summed E-state index contributed by atoms with van der Waals surface area (Å²) in [7, 11) is 1.34. The van der Waals surface area contributed by atoms with Crippen LogP contribution in [0.3, 0.4) is 0 Å². The predicted molar refractivity (Wildman–Crippen MR) is 98.4 cm³/mol. The van der Waals surface area contributed by atoms with Crippen LogP contribution in [0.5, 0.6) is 0 Å². The average Bonchev–Trinajstić information content (AvgIpc) is 3.29. The zero-order valence-electron chi connectivity index (χ0n) is 15.3. The molecule has 0 amide bonds. The van der Waals surface area contributed by atoms with Crippen molar-refractivity contribution in [2.45, 2.75) is 26.8 Å². The highest BCUT2D eigenvalue weighted by molar-refractivity contribution is 5.82. The monoisotopic (exact) mass is 365 g/mol. The van der Waals surface area contributed by atoms with Gasteiger partial charge in [0.15, 0.2) is 5.76 Å². The van der Waals surface area contributed by atoms with Crippen LogP contribution in [0.25, 0.3) is 22.6 Å². The summed E-state index contributed by atoms with van der Waals surface area (Å²) in [5.41, 5.74) is 9.04. The number of methoxy groups -OCH3 is 1. The normalized spacial score (nSPS) is 10.6.